The van der Waals surface area contributed by atoms with E-state index in [-0.39, 0.29) is 29.3 Å². The molecule has 0 bridgehead atoms. The minimum absolute atomic E-state index is 0.0806. The van der Waals surface area contributed by atoms with Crippen LogP contribution in [0.5, 0.6) is 0 Å². The number of pyridine rings is 1. The number of hydrogen-bond donors (Lipinski definition) is 3. The highest BCUT2D eigenvalue weighted by Crippen LogP contribution is 2.44. The van der Waals surface area contributed by atoms with Gasteiger partial charge in [0.1, 0.15) is 17.3 Å². The number of carbonyl (C=O) groups excluding carboxylic acids is 2. The first-order chi connectivity index (χ1) is 18.5. The summed E-state index contributed by atoms with van der Waals surface area (Å²) in [7, 11) is -4.33. The Morgan fingerprint density at radius 3 is 2.36 bits per heavy atom. The van der Waals surface area contributed by atoms with E-state index in [2.05, 4.69) is 25.8 Å². The fourth-order valence-corrected chi connectivity index (χ4v) is 6.20. The summed E-state index contributed by atoms with van der Waals surface area (Å²) in [5.74, 6) is -3.07. The number of amides is 2. The van der Waals surface area contributed by atoms with Crippen LogP contribution in [0.1, 0.15) is 46.0 Å². The van der Waals surface area contributed by atoms with Gasteiger partial charge in [0, 0.05) is 24.4 Å². The Hall–Kier alpha value is -4.49. The van der Waals surface area contributed by atoms with Crippen molar-refractivity contribution in [2.45, 2.75) is 30.8 Å². The van der Waals surface area contributed by atoms with Crippen molar-refractivity contribution in [3.63, 3.8) is 0 Å². The SMILES string of the molecule is CC1(C)c2[nH]nc(NC(=O)c3ccccc3NC(=O)c3ccccn3)c2CN1S(=O)(=O)c1cc(F)cc(F)c1. The maximum Gasteiger partial charge on any atom is 0.274 e. The quantitative estimate of drug-likeness (QED) is 0.330. The number of halogens is 2. The highest BCUT2D eigenvalue weighted by molar-refractivity contribution is 7.89. The number of nitrogens with one attached hydrogen (secondary N) is 3. The maximum absolute atomic E-state index is 13.8. The summed E-state index contributed by atoms with van der Waals surface area (Å²) >= 11 is 0. The zero-order valence-corrected chi connectivity index (χ0v) is 21.5. The van der Waals surface area contributed by atoms with Gasteiger partial charge in [-0.3, -0.25) is 19.7 Å². The van der Waals surface area contributed by atoms with Gasteiger partial charge in [0.15, 0.2) is 5.82 Å². The van der Waals surface area contributed by atoms with Gasteiger partial charge < -0.3 is 10.6 Å². The van der Waals surface area contributed by atoms with Crippen molar-refractivity contribution in [1.82, 2.24) is 19.5 Å². The number of sulfonamides is 1. The molecule has 10 nitrogen and oxygen atoms in total. The molecule has 5 rings (SSSR count). The van der Waals surface area contributed by atoms with Gasteiger partial charge in [-0.15, -0.1) is 0 Å². The monoisotopic (exact) mass is 552 g/mol. The van der Waals surface area contributed by atoms with E-state index in [1.165, 1.54) is 18.3 Å². The number of carbonyl (C=O) groups is 2. The molecule has 1 aliphatic rings. The number of aromatic amines is 1. The summed E-state index contributed by atoms with van der Waals surface area (Å²) in [4.78, 5) is 29.3. The molecule has 0 radical (unpaired) electrons. The summed E-state index contributed by atoms with van der Waals surface area (Å²) in [6, 6.07) is 13.3. The van der Waals surface area contributed by atoms with E-state index in [0.717, 1.165) is 16.4 Å². The summed E-state index contributed by atoms with van der Waals surface area (Å²) in [5.41, 5.74) is 0.158. The molecule has 4 aromatic rings. The third kappa shape index (κ3) is 4.77. The number of nitrogens with zero attached hydrogens (tertiary/aromatic N) is 3. The average molecular weight is 553 g/mol. The van der Waals surface area contributed by atoms with E-state index in [1.54, 1.807) is 44.2 Å². The average Bonchev–Trinajstić information content (AvgIpc) is 3.42. The van der Waals surface area contributed by atoms with Gasteiger partial charge in [-0.1, -0.05) is 18.2 Å². The van der Waals surface area contributed by atoms with Gasteiger partial charge >= 0.3 is 0 Å². The van der Waals surface area contributed by atoms with E-state index in [9.17, 15) is 26.8 Å². The molecule has 13 heteroatoms. The molecule has 0 saturated heterocycles. The number of benzene rings is 2. The Kier molecular flexibility index (Phi) is 6.48. The lowest BCUT2D eigenvalue weighted by molar-refractivity contribution is 0.102. The third-order valence-corrected chi connectivity index (χ3v) is 8.37. The molecule has 3 heterocycles. The van der Waals surface area contributed by atoms with Gasteiger partial charge in [-0.2, -0.15) is 9.40 Å². The first kappa shape index (κ1) is 26.1. The molecule has 2 aromatic heterocycles. The van der Waals surface area contributed by atoms with Gasteiger partial charge in [0.25, 0.3) is 11.8 Å². The van der Waals surface area contributed by atoms with Crippen molar-refractivity contribution < 1.29 is 26.8 Å². The Morgan fingerprint density at radius 2 is 1.67 bits per heavy atom. The molecule has 39 heavy (non-hydrogen) atoms. The normalized spacial score (nSPS) is 14.6. The molecular formula is C26H22F2N6O4S. The highest BCUT2D eigenvalue weighted by atomic mass is 32.2. The Balaban J connectivity index is 1.41. The van der Waals surface area contributed by atoms with Gasteiger partial charge in [0.2, 0.25) is 10.0 Å². The van der Waals surface area contributed by atoms with Crippen LogP contribution in [-0.4, -0.2) is 39.7 Å². The number of rotatable bonds is 6. The van der Waals surface area contributed by atoms with Gasteiger partial charge in [-0.05, 0) is 50.2 Å². The first-order valence-corrected chi connectivity index (χ1v) is 13.1. The molecular weight excluding hydrogens is 530 g/mol. The Bertz CT molecular complexity index is 1690. The lowest BCUT2D eigenvalue weighted by Crippen LogP contribution is -2.40. The van der Waals surface area contributed by atoms with Crippen LogP contribution in [0.4, 0.5) is 20.3 Å². The van der Waals surface area contributed by atoms with Crippen molar-refractivity contribution in [2.75, 3.05) is 10.6 Å². The fourth-order valence-electron chi connectivity index (χ4n) is 4.43. The molecule has 0 atom stereocenters. The molecule has 0 saturated carbocycles. The minimum Gasteiger partial charge on any atom is -0.320 e. The van der Waals surface area contributed by atoms with Crippen LogP contribution in [0, 0.1) is 11.6 Å². The van der Waals surface area contributed by atoms with Crippen LogP contribution in [0.2, 0.25) is 0 Å². The summed E-state index contributed by atoms with van der Waals surface area (Å²) in [5, 5.41) is 12.3. The molecule has 2 aromatic carbocycles. The van der Waals surface area contributed by atoms with Crippen LogP contribution in [-0.2, 0) is 22.1 Å². The number of H-pyrrole nitrogens is 1. The lowest BCUT2D eigenvalue weighted by Gasteiger charge is -2.30. The van der Waals surface area contributed by atoms with E-state index >= 15 is 0 Å². The van der Waals surface area contributed by atoms with E-state index in [0.29, 0.717) is 17.3 Å². The van der Waals surface area contributed by atoms with Crippen LogP contribution < -0.4 is 10.6 Å². The summed E-state index contributed by atoms with van der Waals surface area (Å²) < 4.78 is 55.4. The van der Waals surface area contributed by atoms with Crippen molar-refractivity contribution in [3.8, 4) is 0 Å². The van der Waals surface area contributed by atoms with E-state index in [4.69, 9.17) is 0 Å². The highest BCUT2D eigenvalue weighted by Gasteiger charge is 2.48. The third-order valence-electron chi connectivity index (χ3n) is 6.38. The fraction of sp³-hybridized carbons (Fsp3) is 0.154. The molecule has 1 aliphatic heterocycles. The van der Waals surface area contributed by atoms with Gasteiger partial charge in [0.05, 0.1) is 27.4 Å². The first-order valence-electron chi connectivity index (χ1n) is 11.7. The molecule has 200 valence electrons. The predicted molar refractivity (Wildman–Crippen MR) is 137 cm³/mol. The molecule has 0 unspecified atom stereocenters. The minimum atomic E-state index is -4.33. The predicted octanol–water partition coefficient (Wildman–Crippen LogP) is 4.03. The zero-order chi connectivity index (χ0) is 27.9. The zero-order valence-electron chi connectivity index (χ0n) is 20.7. The number of anilines is 2. The summed E-state index contributed by atoms with van der Waals surface area (Å²) in [6.07, 6.45) is 1.47. The standard InChI is InChI=1S/C26H22F2N6O4S/c1-26(2)22-19(14-34(26)39(37,38)17-12-15(27)11-16(28)13-17)23(33-32-22)31-24(35)18-7-3-4-8-20(18)30-25(36)21-9-5-6-10-29-21/h3-13H,14H2,1-2H3,(H,30,36)(H2,31,32,33,35). The van der Waals surface area contributed by atoms with Crippen LogP contribution in [0.25, 0.3) is 0 Å². The van der Waals surface area contributed by atoms with Crippen LogP contribution in [0.15, 0.2) is 71.8 Å². The van der Waals surface area contributed by atoms with Crippen LogP contribution in [0.3, 0.4) is 0 Å². The van der Waals surface area contributed by atoms with Gasteiger partial charge in [-0.25, -0.2) is 17.2 Å². The van der Waals surface area contributed by atoms with Crippen molar-refractivity contribution >= 4 is 33.3 Å². The molecule has 3 N–H and O–H groups in total. The number of hydrogen-bond acceptors (Lipinski definition) is 6. The van der Waals surface area contributed by atoms with Crippen molar-refractivity contribution in [3.05, 3.63) is 101 Å². The second-order valence-corrected chi connectivity index (χ2v) is 11.1. The smallest absolute Gasteiger partial charge is 0.274 e. The number of fused-ring (bicyclic) bond motifs is 1. The second kappa shape index (κ2) is 9.67. The van der Waals surface area contributed by atoms with E-state index in [1.807, 2.05) is 0 Å². The lowest BCUT2D eigenvalue weighted by atomic mass is 10.0. The molecule has 0 aliphatic carbocycles. The number of para-hydroxylation sites is 1. The second-order valence-electron chi connectivity index (χ2n) is 9.27. The topological polar surface area (TPSA) is 137 Å². The Labute approximate surface area is 222 Å². The largest absolute Gasteiger partial charge is 0.320 e. The van der Waals surface area contributed by atoms with Crippen molar-refractivity contribution in [2.24, 2.45) is 0 Å². The number of aromatic nitrogens is 3. The summed E-state index contributed by atoms with van der Waals surface area (Å²) in [6.45, 7) is 3.00. The van der Waals surface area contributed by atoms with Crippen LogP contribution >= 0.6 is 0 Å². The maximum atomic E-state index is 13.8. The Morgan fingerprint density at radius 1 is 0.974 bits per heavy atom. The van der Waals surface area contributed by atoms with E-state index < -0.39 is 43.9 Å². The molecule has 0 fully saturated rings. The van der Waals surface area contributed by atoms with Crippen molar-refractivity contribution in [1.29, 1.82) is 0 Å². The molecule has 2 amide bonds. The molecule has 0 spiro atoms.